The quantitative estimate of drug-likeness (QED) is 0.693. The smallest absolute Gasteiger partial charge is 0.266 e. The maximum atomic E-state index is 12.0. The van der Waals surface area contributed by atoms with Crippen LogP contribution in [0.3, 0.4) is 0 Å². The first kappa shape index (κ1) is 14.7. The zero-order chi connectivity index (χ0) is 13.7. The van der Waals surface area contributed by atoms with Crippen molar-refractivity contribution in [2.75, 3.05) is 0 Å². The predicted octanol–water partition coefficient (Wildman–Crippen LogP) is 5.11. The van der Waals surface area contributed by atoms with Gasteiger partial charge in [0.25, 0.3) is 6.08 Å². The lowest BCUT2D eigenvalue weighted by Crippen LogP contribution is -2.25. The fraction of sp³-hybridized carbons (Fsp3) is 0.812. The number of carbonyl (C=O) groups is 1. The molecule has 0 amide bonds. The molecule has 3 heteroatoms. The van der Waals surface area contributed by atoms with E-state index in [-0.39, 0.29) is 0 Å². The predicted molar refractivity (Wildman–Crippen MR) is 71.9 cm³/mol. The molecular weight excluding hydrogens is 246 g/mol. The fourth-order valence-corrected chi connectivity index (χ4v) is 3.81. The van der Waals surface area contributed by atoms with Crippen LogP contribution < -0.4 is 0 Å². The molecule has 0 aromatic rings. The Morgan fingerprint density at radius 1 is 1.00 bits per heavy atom. The highest BCUT2D eigenvalue weighted by Crippen LogP contribution is 2.40. The Morgan fingerprint density at radius 2 is 1.58 bits per heavy atom. The Kier molecular flexibility index (Phi) is 5.53. The van der Waals surface area contributed by atoms with Crippen LogP contribution in [0.15, 0.2) is 12.2 Å². The second kappa shape index (κ2) is 7.16. The number of hydrogen-bond donors (Lipinski definition) is 0. The van der Waals surface area contributed by atoms with Crippen molar-refractivity contribution in [3.05, 3.63) is 12.2 Å². The molecule has 19 heavy (non-hydrogen) atoms. The Balaban J connectivity index is 1.67. The summed E-state index contributed by atoms with van der Waals surface area (Å²) in [5, 5.41) is 0. The van der Waals surface area contributed by atoms with Gasteiger partial charge in [0.15, 0.2) is 0 Å². The first-order valence-electron chi connectivity index (χ1n) is 7.68. The molecule has 2 aliphatic rings. The van der Waals surface area contributed by atoms with Crippen molar-refractivity contribution < 1.29 is 13.6 Å². The van der Waals surface area contributed by atoms with Crippen LogP contribution in [0.1, 0.15) is 64.2 Å². The summed E-state index contributed by atoms with van der Waals surface area (Å²) in [7, 11) is 0. The van der Waals surface area contributed by atoms with Gasteiger partial charge in [0.1, 0.15) is 5.78 Å². The van der Waals surface area contributed by atoms with Crippen molar-refractivity contribution in [1.82, 2.24) is 0 Å². The molecule has 0 aromatic carbocycles. The highest BCUT2D eigenvalue weighted by molar-refractivity contribution is 5.79. The Morgan fingerprint density at radius 3 is 2.16 bits per heavy atom. The van der Waals surface area contributed by atoms with Crippen LogP contribution in [0.25, 0.3) is 0 Å². The van der Waals surface area contributed by atoms with Crippen LogP contribution in [-0.2, 0) is 4.79 Å². The van der Waals surface area contributed by atoms with Crippen LogP contribution in [0.5, 0.6) is 0 Å². The van der Waals surface area contributed by atoms with E-state index in [1.165, 1.54) is 25.7 Å². The van der Waals surface area contributed by atoms with E-state index in [2.05, 4.69) is 0 Å². The number of halogens is 2. The topological polar surface area (TPSA) is 17.1 Å². The second-order valence-electron chi connectivity index (χ2n) is 6.23. The number of ketones is 1. The van der Waals surface area contributed by atoms with Crippen molar-refractivity contribution in [3.8, 4) is 0 Å². The van der Waals surface area contributed by atoms with E-state index in [9.17, 15) is 13.6 Å². The Labute approximate surface area is 114 Å². The van der Waals surface area contributed by atoms with Crippen LogP contribution in [0.2, 0.25) is 0 Å². The molecule has 2 rings (SSSR count). The van der Waals surface area contributed by atoms with E-state index in [1.807, 2.05) is 0 Å². The van der Waals surface area contributed by atoms with Gasteiger partial charge in [-0.1, -0.05) is 12.8 Å². The zero-order valence-corrected chi connectivity index (χ0v) is 11.5. The summed E-state index contributed by atoms with van der Waals surface area (Å²) in [5.41, 5.74) is 0. The van der Waals surface area contributed by atoms with Crippen LogP contribution in [-0.4, -0.2) is 5.78 Å². The van der Waals surface area contributed by atoms with Gasteiger partial charge in [0.05, 0.1) is 0 Å². The lowest BCUT2D eigenvalue weighted by atomic mass is 9.70. The average Bonchev–Trinajstić information content (AvgIpc) is 2.40. The molecule has 2 fully saturated rings. The standard InChI is InChI=1S/C16H24F2O/c17-16(18)3-1-2-12-4-6-13(7-5-12)14-8-10-15(19)11-9-14/h3,12-14H,1-2,4-11H2. The van der Waals surface area contributed by atoms with Gasteiger partial charge in [0.2, 0.25) is 0 Å². The molecule has 108 valence electrons. The van der Waals surface area contributed by atoms with E-state index in [4.69, 9.17) is 0 Å². The molecule has 0 saturated heterocycles. The molecule has 0 heterocycles. The van der Waals surface area contributed by atoms with Gasteiger partial charge in [-0.05, 0) is 62.4 Å². The highest BCUT2D eigenvalue weighted by atomic mass is 19.3. The van der Waals surface area contributed by atoms with Gasteiger partial charge in [-0.2, -0.15) is 8.78 Å². The maximum absolute atomic E-state index is 12.0. The SMILES string of the molecule is O=C1CCC(C2CCC(CCC=C(F)F)CC2)CC1. The number of hydrogen-bond acceptors (Lipinski definition) is 1. The summed E-state index contributed by atoms with van der Waals surface area (Å²) < 4.78 is 23.9. The lowest BCUT2D eigenvalue weighted by molar-refractivity contribution is -0.121. The number of rotatable bonds is 4. The fourth-order valence-electron chi connectivity index (χ4n) is 3.81. The molecule has 0 aromatic heterocycles. The van der Waals surface area contributed by atoms with E-state index in [0.29, 0.717) is 18.1 Å². The van der Waals surface area contributed by atoms with Crippen molar-refractivity contribution in [1.29, 1.82) is 0 Å². The summed E-state index contributed by atoms with van der Waals surface area (Å²) in [5.74, 6) is 2.61. The molecule has 0 spiro atoms. The summed E-state index contributed by atoms with van der Waals surface area (Å²) in [6, 6.07) is 0. The molecule has 0 unspecified atom stereocenters. The van der Waals surface area contributed by atoms with Crippen molar-refractivity contribution in [2.24, 2.45) is 17.8 Å². The minimum absolute atomic E-state index is 0.435. The van der Waals surface area contributed by atoms with E-state index in [0.717, 1.165) is 50.0 Å². The zero-order valence-electron chi connectivity index (χ0n) is 11.5. The normalized spacial score (nSPS) is 29.3. The minimum Gasteiger partial charge on any atom is -0.300 e. The number of Topliss-reactive ketones (excluding diaryl/α,β-unsaturated/α-hetero) is 1. The summed E-state index contributed by atoms with van der Waals surface area (Å²) in [6.07, 6.45) is 9.55. The minimum atomic E-state index is -1.54. The van der Waals surface area contributed by atoms with Crippen molar-refractivity contribution >= 4 is 5.78 Å². The van der Waals surface area contributed by atoms with Crippen molar-refractivity contribution in [2.45, 2.75) is 64.2 Å². The van der Waals surface area contributed by atoms with Gasteiger partial charge < -0.3 is 0 Å². The molecule has 0 N–H and O–H groups in total. The first-order chi connectivity index (χ1) is 9.15. The average molecular weight is 270 g/mol. The summed E-state index contributed by atoms with van der Waals surface area (Å²) in [4.78, 5) is 11.2. The molecule has 2 saturated carbocycles. The third-order valence-corrected chi connectivity index (χ3v) is 5.02. The third kappa shape index (κ3) is 4.70. The summed E-state index contributed by atoms with van der Waals surface area (Å²) in [6.45, 7) is 0. The Hall–Kier alpha value is -0.730. The van der Waals surface area contributed by atoms with E-state index < -0.39 is 6.08 Å². The third-order valence-electron chi connectivity index (χ3n) is 5.02. The van der Waals surface area contributed by atoms with Crippen LogP contribution >= 0.6 is 0 Å². The largest absolute Gasteiger partial charge is 0.300 e. The van der Waals surface area contributed by atoms with Crippen LogP contribution in [0.4, 0.5) is 8.78 Å². The summed E-state index contributed by atoms with van der Waals surface area (Å²) >= 11 is 0. The first-order valence-corrected chi connectivity index (χ1v) is 7.68. The molecular formula is C16H24F2O. The lowest BCUT2D eigenvalue weighted by Gasteiger charge is -2.35. The molecule has 0 atom stereocenters. The van der Waals surface area contributed by atoms with Gasteiger partial charge in [0, 0.05) is 12.8 Å². The van der Waals surface area contributed by atoms with E-state index in [1.54, 1.807) is 0 Å². The van der Waals surface area contributed by atoms with Crippen molar-refractivity contribution in [3.63, 3.8) is 0 Å². The second-order valence-corrected chi connectivity index (χ2v) is 6.23. The van der Waals surface area contributed by atoms with Gasteiger partial charge in [-0.25, -0.2) is 0 Å². The molecule has 0 bridgehead atoms. The molecule has 2 aliphatic carbocycles. The maximum Gasteiger partial charge on any atom is 0.266 e. The number of allylic oxidation sites excluding steroid dienone is 1. The molecule has 1 nitrogen and oxygen atoms in total. The molecule has 0 aliphatic heterocycles. The van der Waals surface area contributed by atoms with Crippen LogP contribution in [0, 0.1) is 17.8 Å². The molecule has 0 radical (unpaired) electrons. The monoisotopic (exact) mass is 270 g/mol. The Bertz CT molecular complexity index is 316. The number of carbonyl (C=O) groups excluding carboxylic acids is 1. The van der Waals surface area contributed by atoms with E-state index >= 15 is 0 Å². The highest BCUT2D eigenvalue weighted by Gasteiger charge is 2.29. The van der Waals surface area contributed by atoms with Gasteiger partial charge in [-0.3, -0.25) is 4.79 Å². The van der Waals surface area contributed by atoms with Gasteiger partial charge >= 0.3 is 0 Å². The van der Waals surface area contributed by atoms with Gasteiger partial charge in [-0.15, -0.1) is 0 Å².